The largest absolute Gasteiger partial charge is 0.449 e. The summed E-state index contributed by atoms with van der Waals surface area (Å²) in [5, 5.41) is 37.6. The van der Waals surface area contributed by atoms with Crippen LogP contribution in [-0.2, 0) is 0 Å². The fraction of sp³-hybridized carbons (Fsp3) is 0.129. The van der Waals surface area contributed by atoms with Crippen LogP contribution in [0.1, 0.15) is 56.0 Å². The van der Waals surface area contributed by atoms with E-state index in [-0.39, 0.29) is 44.3 Å². The third-order valence-corrected chi connectivity index (χ3v) is 6.43. The maximum atomic E-state index is 13.9. The van der Waals surface area contributed by atoms with Gasteiger partial charge in [0.25, 0.3) is 10.2 Å². The van der Waals surface area contributed by atoms with Gasteiger partial charge in [-0.25, -0.2) is 10.0 Å². The lowest BCUT2D eigenvalue weighted by atomic mass is 9.83. The second-order valence-corrected chi connectivity index (χ2v) is 9.46. The molecule has 0 aliphatic heterocycles. The number of nitro benzene ring substituents is 2. The van der Waals surface area contributed by atoms with Crippen molar-refractivity contribution in [2.24, 2.45) is 5.28 Å². The molecular formula is C31H26N5O11+. The van der Waals surface area contributed by atoms with E-state index in [2.05, 4.69) is 5.28 Å². The first-order valence-electron chi connectivity index (χ1n) is 13.8. The van der Waals surface area contributed by atoms with E-state index < -0.39 is 50.3 Å². The molecule has 0 bridgehead atoms. The number of nitrogens with zero attached hydrogens (tertiary/aromatic N) is 5. The van der Waals surface area contributed by atoms with Crippen LogP contribution in [0, 0.1) is 20.2 Å². The van der Waals surface area contributed by atoms with Gasteiger partial charge in [0.05, 0.1) is 40.6 Å². The Morgan fingerprint density at radius 2 is 1.30 bits per heavy atom. The Hall–Kier alpha value is -6.71. The number of hydrogen-bond acceptors (Lipinski definition) is 11. The van der Waals surface area contributed by atoms with Crippen LogP contribution in [0.25, 0.3) is 0 Å². The van der Waals surface area contributed by atoms with Crippen LogP contribution < -0.4 is 14.3 Å². The van der Waals surface area contributed by atoms with E-state index in [1.54, 1.807) is 18.2 Å². The molecule has 0 spiro atoms. The Morgan fingerprint density at radius 3 is 1.87 bits per heavy atom. The van der Waals surface area contributed by atoms with Crippen molar-refractivity contribution in [1.82, 2.24) is 5.01 Å². The monoisotopic (exact) mass is 644 g/mol. The van der Waals surface area contributed by atoms with Crippen LogP contribution in [0.4, 0.5) is 11.4 Å². The Bertz CT molecular complexity index is 1940. The first kappa shape index (κ1) is 33.2. The van der Waals surface area contributed by atoms with E-state index >= 15 is 0 Å². The summed E-state index contributed by atoms with van der Waals surface area (Å²) in [5.74, 6) is -3.98. The van der Waals surface area contributed by atoms with Gasteiger partial charge in [0.1, 0.15) is 17.6 Å². The van der Waals surface area contributed by atoms with E-state index in [0.717, 1.165) is 11.1 Å². The van der Waals surface area contributed by atoms with Gasteiger partial charge < -0.3 is 9.47 Å². The van der Waals surface area contributed by atoms with Gasteiger partial charge in [-0.1, -0.05) is 56.3 Å². The molecule has 4 aromatic carbocycles. The molecule has 5 rings (SSSR count). The van der Waals surface area contributed by atoms with E-state index in [1.807, 2.05) is 13.8 Å². The van der Waals surface area contributed by atoms with Crippen LogP contribution in [0.15, 0.2) is 84.1 Å². The fourth-order valence-corrected chi connectivity index (χ4v) is 4.33. The molecular weight excluding hydrogens is 618 g/mol. The molecule has 16 heteroatoms. The summed E-state index contributed by atoms with van der Waals surface area (Å²) < 4.78 is 11.3. The second kappa shape index (κ2) is 13.9. The van der Waals surface area contributed by atoms with Gasteiger partial charge in [0.15, 0.2) is 5.78 Å². The molecule has 0 saturated heterocycles. The highest BCUT2D eigenvalue weighted by Gasteiger charge is 2.37. The number of esters is 1. The standard InChI is InChI=1S/C29H20N5O11.C2H6/c1-31(2)34(42)30-45-24-15-23(19(32(38)39)14-20(24)33(40)41)43-21-12-6-10-17-25(21)28(36)26-18(27(17)35)11-7-13-22(26)44-29(37)16-8-4-3-5-9-16;1-2/h3-15H,1-2H3,(H,30,42);1-2H3/q+1;. The van der Waals surface area contributed by atoms with Crippen molar-refractivity contribution < 1.29 is 48.7 Å². The summed E-state index contributed by atoms with van der Waals surface area (Å²) in [4.78, 5) is 67.0. The van der Waals surface area contributed by atoms with Gasteiger partial charge in [0.2, 0.25) is 17.3 Å². The Labute approximate surface area is 265 Å². The minimum absolute atomic E-state index is 0.0453. The minimum Gasteiger partial charge on any atom is -0.449 e. The third kappa shape index (κ3) is 6.70. The molecule has 0 radical (unpaired) electrons. The van der Waals surface area contributed by atoms with Crippen LogP contribution in [-0.4, -0.2) is 56.7 Å². The van der Waals surface area contributed by atoms with E-state index in [0.29, 0.717) is 6.07 Å². The topological polar surface area (TPSA) is 204 Å². The molecule has 16 nitrogen and oxygen atoms in total. The molecule has 0 fully saturated rings. The number of carbonyl (C=O) groups is 3. The minimum atomic E-state index is -0.971. The highest BCUT2D eigenvalue weighted by Crippen LogP contribution is 2.44. The smallest absolute Gasteiger partial charge is 0.343 e. The lowest BCUT2D eigenvalue weighted by Crippen LogP contribution is -2.23. The molecule has 0 saturated carbocycles. The van der Waals surface area contributed by atoms with Gasteiger partial charge in [-0.05, 0) is 24.3 Å². The van der Waals surface area contributed by atoms with E-state index in [9.17, 15) is 39.8 Å². The van der Waals surface area contributed by atoms with Crippen LogP contribution >= 0.6 is 0 Å². The van der Waals surface area contributed by atoms with Crippen molar-refractivity contribution in [3.63, 3.8) is 0 Å². The highest BCUT2D eigenvalue weighted by atomic mass is 16.7. The number of carbonyl (C=O) groups excluding carboxylic acids is 3. The van der Waals surface area contributed by atoms with Gasteiger partial charge in [0, 0.05) is 17.2 Å². The molecule has 1 N–H and O–H groups in total. The molecule has 0 aromatic heterocycles. The predicted molar refractivity (Wildman–Crippen MR) is 161 cm³/mol. The number of hydrazine groups is 1. The van der Waals surface area contributed by atoms with Gasteiger partial charge in [-0.2, -0.15) is 0 Å². The molecule has 0 amide bonds. The quantitative estimate of drug-likeness (QED) is 0.0494. The molecule has 0 unspecified atom stereocenters. The average Bonchev–Trinajstić information content (AvgIpc) is 3.06. The summed E-state index contributed by atoms with van der Waals surface area (Å²) in [6, 6.07) is 17.4. The van der Waals surface area contributed by atoms with Crippen molar-refractivity contribution >= 4 is 28.9 Å². The maximum Gasteiger partial charge on any atom is 0.343 e. The zero-order chi connectivity index (χ0) is 34.4. The van der Waals surface area contributed by atoms with Crippen molar-refractivity contribution in [1.29, 1.82) is 0 Å². The number of nitro groups is 2. The number of hydrogen-bond donors (Lipinski definition) is 1. The van der Waals surface area contributed by atoms with Crippen molar-refractivity contribution in [3.05, 3.63) is 127 Å². The highest BCUT2D eigenvalue weighted by molar-refractivity contribution is 6.30. The molecule has 1 aliphatic rings. The molecule has 0 heterocycles. The average molecular weight is 645 g/mol. The molecule has 47 heavy (non-hydrogen) atoms. The van der Waals surface area contributed by atoms with Crippen molar-refractivity contribution in [2.45, 2.75) is 13.8 Å². The fourth-order valence-electron chi connectivity index (χ4n) is 4.33. The normalized spacial score (nSPS) is 11.7. The van der Waals surface area contributed by atoms with Crippen LogP contribution in [0.2, 0.25) is 0 Å². The van der Waals surface area contributed by atoms with E-state index in [4.69, 9.17) is 14.3 Å². The van der Waals surface area contributed by atoms with Crippen molar-refractivity contribution in [3.8, 4) is 23.0 Å². The molecule has 0 atom stereocenters. The summed E-state index contributed by atoms with van der Waals surface area (Å²) in [5.41, 5.74) is -2.25. The van der Waals surface area contributed by atoms with Crippen molar-refractivity contribution in [2.75, 3.05) is 14.1 Å². The predicted octanol–water partition coefficient (Wildman–Crippen LogP) is 5.94. The van der Waals surface area contributed by atoms with Crippen LogP contribution in [0.5, 0.6) is 23.0 Å². The maximum absolute atomic E-state index is 13.9. The van der Waals surface area contributed by atoms with Gasteiger partial charge >= 0.3 is 17.3 Å². The number of rotatable bonds is 9. The summed E-state index contributed by atoms with van der Waals surface area (Å²) in [6.45, 7) is 4.00. The Balaban J connectivity index is 0.00000245. The zero-order valence-electron chi connectivity index (χ0n) is 25.3. The van der Waals surface area contributed by atoms with Gasteiger partial charge in [-0.3, -0.25) is 34.7 Å². The lowest BCUT2D eigenvalue weighted by molar-refractivity contribution is -0.933. The lowest BCUT2D eigenvalue weighted by Gasteiger charge is -2.22. The first-order valence-corrected chi connectivity index (χ1v) is 13.8. The number of fused-ring (bicyclic) bond motifs is 2. The summed E-state index contributed by atoms with van der Waals surface area (Å²) in [7, 11) is 2.74. The number of ketones is 2. The number of benzene rings is 4. The van der Waals surface area contributed by atoms with Gasteiger partial charge in [-0.15, -0.1) is 5.01 Å². The first-order chi connectivity index (χ1) is 22.5. The zero-order valence-corrected chi connectivity index (χ0v) is 25.3. The Kier molecular flexibility index (Phi) is 9.84. The van der Waals surface area contributed by atoms with E-state index in [1.165, 1.54) is 62.6 Å². The Morgan fingerprint density at radius 1 is 0.745 bits per heavy atom. The molecule has 4 aromatic rings. The molecule has 240 valence electrons. The SMILES string of the molecule is CC.CN(C)/[N+](O)=N/Oc1cc(Oc2cccc3c2C(=O)c2c(OC(=O)c4ccccc4)cccc2C3=O)c([N+](=O)[O-])cc1[N+](=O)[O-]. The summed E-state index contributed by atoms with van der Waals surface area (Å²) >= 11 is 0. The number of ether oxygens (including phenoxy) is 2. The second-order valence-electron chi connectivity index (χ2n) is 9.46. The molecule has 1 aliphatic carbocycles. The van der Waals surface area contributed by atoms with Crippen LogP contribution in [0.3, 0.4) is 0 Å². The summed E-state index contributed by atoms with van der Waals surface area (Å²) in [6.07, 6.45) is 0. The third-order valence-electron chi connectivity index (χ3n) is 6.43.